The van der Waals surface area contributed by atoms with Crippen molar-refractivity contribution in [1.82, 2.24) is 29.8 Å². The van der Waals surface area contributed by atoms with Gasteiger partial charge in [0.2, 0.25) is 0 Å². The Morgan fingerprint density at radius 3 is 2.84 bits per heavy atom. The van der Waals surface area contributed by atoms with Crippen molar-refractivity contribution < 1.29 is 4.74 Å². The highest BCUT2D eigenvalue weighted by Crippen LogP contribution is 2.39. The van der Waals surface area contributed by atoms with E-state index in [0.29, 0.717) is 6.61 Å². The summed E-state index contributed by atoms with van der Waals surface area (Å²) >= 11 is 0. The van der Waals surface area contributed by atoms with Crippen molar-refractivity contribution in [3.8, 4) is 16.9 Å². The molecule has 6 rings (SSSR count). The van der Waals surface area contributed by atoms with Crippen LogP contribution in [0.4, 0.5) is 5.82 Å². The summed E-state index contributed by atoms with van der Waals surface area (Å²) in [6, 6.07) is 8.58. The average Bonchev–Trinajstić information content (AvgIpc) is 3.13. The first-order chi connectivity index (χ1) is 18.3. The first kappa shape index (κ1) is 24.8. The molecule has 8 heteroatoms. The van der Waals surface area contributed by atoms with Gasteiger partial charge in [-0.1, -0.05) is 26.8 Å². The summed E-state index contributed by atoms with van der Waals surface area (Å²) in [7, 11) is 2.12. The molecule has 1 aromatic carbocycles. The van der Waals surface area contributed by atoms with Crippen molar-refractivity contribution >= 4 is 17.0 Å². The van der Waals surface area contributed by atoms with E-state index in [0.717, 1.165) is 96.5 Å². The molecule has 38 heavy (non-hydrogen) atoms. The minimum Gasteiger partial charge on any atom is -0.491 e. The monoisotopic (exact) mass is 511 g/mol. The summed E-state index contributed by atoms with van der Waals surface area (Å²) in [6.07, 6.45) is 5.07. The quantitative estimate of drug-likeness (QED) is 0.400. The molecular formula is C30H37N7O. The van der Waals surface area contributed by atoms with E-state index < -0.39 is 0 Å². The van der Waals surface area contributed by atoms with E-state index in [9.17, 15) is 0 Å². The topological polar surface area (TPSA) is 83.1 Å². The Bertz CT molecular complexity index is 1490. The lowest BCUT2D eigenvalue weighted by atomic mass is 9.76. The maximum absolute atomic E-state index is 6.24. The van der Waals surface area contributed by atoms with Crippen LogP contribution < -0.4 is 9.64 Å². The van der Waals surface area contributed by atoms with E-state index in [2.05, 4.69) is 76.8 Å². The third kappa shape index (κ3) is 4.85. The fourth-order valence-electron chi connectivity index (χ4n) is 5.60. The number of ether oxygens (including phenoxy) is 1. The summed E-state index contributed by atoms with van der Waals surface area (Å²) in [5, 5.41) is 0. The number of nitrogens with one attached hydrogen (secondary N) is 1. The van der Waals surface area contributed by atoms with E-state index in [1.165, 1.54) is 11.3 Å². The first-order valence-electron chi connectivity index (χ1n) is 13.7. The molecule has 3 aromatic heterocycles. The second-order valence-corrected chi connectivity index (χ2v) is 11.6. The van der Waals surface area contributed by atoms with Crippen molar-refractivity contribution in [3.05, 3.63) is 58.9 Å². The predicted octanol–water partition coefficient (Wildman–Crippen LogP) is 5.09. The molecule has 0 atom stereocenters. The molecule has 1 aliphatic carbocycles. The standard InChI is InChI=1S/C30H37N7O/c1-6-36(5)18-27-34-24-9-10-30(3,4)15-23(24)29(35-27)37-11-12-38-26-8-7-20(13-22(26)17-37)21-14-25-28(31-16-21)33-19(2)32-25/h7-8,13-14,16H,6,9-12,15,17-18H2,1-5H3,(H,31,32,33). The fourth-order valence-corrected chi connectivity index (χ4v) is 5.60. The van der Waals surface area contributed by atoms with Gasteiger partial charge in [-0.05, 0) is 69.0 Å². The lowest BCUT2D eigenvalue weighted by Gasteiger charge is -2.34. The summed E-state index contributed by atoms with van der Waals surface area (Å²) in [6.45, 7) is 12.7. The molecule has 0 radical (unpaired) electrons. The van der Waals surface area contributed by atoms with Gasteiger partial charge in [-0.25, -0.2) is 19.9 Å². The van der Waals surface area contributed by atoms with Crippen molar-refractivity contribution in [1.29, 1.82) is 0 Å². The Labute approximate surface area is 224 Å². The number of fused-ring (bicyclic) bond motifs is 3. The molecule has 1 N–H and O–H groups in total. The Balaban J connectivity index is 1.37. The second kappa shape index (κ2) is 9.66. The number of imidazole rings is 1. The molecule has 0 unspecified atom stereocenters. The maximum Gasteiger partial charge on any atom is 0.177 e. The number of aryl methyl sites for hydroxylation is 2. The van der Waals surface area contributed by atoms with Crippen LogP contribution in [0.15, 0.2) is 30.5 Å². The van der Waals surface area contributed by atoms with Crippen LogP contribution in [-0.4, -0.2) is 56.6 Å². The van der Waals surface area contributed by atoms with Gasteiger partial charge in [0.15, 0.2) is 5.65 Å². The Morgan fingerprint density at radius 2 is 2.00 bits per heavy atom. The molecule has 0 saturated heterocycles. The number of hydrogen-bond donors (Lipinski definition) is 1. The van der Waals surface area contributed by atoms with Crippen LogP contribution in [-0.2, 0) is 25.9 Å². The largest absolute Gasteiger partial charge is 0.491 e. The number of aromatic amines is 1. The molecule has 0 amide bonds. The molecule has 2 aliphatic rings. The van der Waals surface area contributed by atoms with Crippen LogP contribution in [0.2, 0.25) is 0 Å². The molecule has 4 heterocycles. The predicted molar refractivity (Wildman–Crippen MR) is 150 cm³/mol. The Hall–Kier alpha value is -3.52. The SMILES string of the molecule is CCN(C)Cc1nc2c(c(N3CCOc4ccc(-c5cnc6nc(C)[nH]c6c5)cc4C3)n1)CC(C)(C)CC2. The van der Waals surface area contributed by atoms with Gasteiger partial charge in [0.25, 0.3) is 0 Å². The van der Waals surface area contributed by atoms with Crippen LogP contribution in [0.1, 0.15) is 55.7 Å². The zero-order valence-corrected chi connectivity index (χ0v) is 23.1. The van der Waals surface area contributed by atoms with Crippen LogP contribution in [0.3, 0.4) is 0 Å². The normalized spacial score (nSPS) is 16.7. The van der Waals surface area contributed by atoms with Crippen molar-refractivity contribution in [2.24, 2.45) is 5.41 Å². The van der Waals surface area contributed by atoms with Crippen molar-refractivity contribution in [2.45, 2.75) is 60.0 Å². The number of hydrogen-bond acceptors (Lipinski definition) is 7. The summed E-state index contributed by atoms with van der Waals surface area (Å²) in [5.41, 5.74) is 7.82. The number of anilines is 1. The molecule has 8 nitrogen and oxygen atoms in total. The number of nitrogens with zero attached hydrogens (tertiary/aromatic N) is 6. The third-order valence-corrected chi connectivity index (χ3v) is 7.89. The van der Waals surface area contributed by atoms with E-state index in [-0.39, 0.29) is 5.41 Å². The molecule has 0 spiro atoms. The van der Waals surface area contributed by atoms with Crippen LogP contribution >= 0.6 is 0 Å². The zero-order valence-electron chi connectivity index (χ0n) is 23.1. The van der Waals surface area contributed by atoms with Gasteiger partial charge < -0.3 is 14.6 Å². The highest BCUT2D eigenvalue weighted by atomic mass is 16.5. The van der Waals surface area contributed by atoms with Crippen LogP contribution in [0.25, 0.3) is 22.3 Å². The number of aromatic nitrogens is 5. The average molecular weight is 512 g/mol. The van der Waals surface area contributed by atoms with E-state index in [1.54, 1.807) is 0 Å². The summed E-state index contributed by atoms with van der Waals surface area (Å²) < 4.78 is 6.24. The molecule has 0 fully saturated rings. The minimum absolute atomic E-state index is 0.247. The highest BCUT2D eigenvalue weighted by Gasteiger charge is 2.31. The van der Waals surface area contributed by atoms with E-state index in [4.69, 9.17) is 14.7 Å². The summed E-state index contributed by atoms with van der Waals surface area (Å²) in [4.78, 5) is 27.2. The second-order valence-electron chi connectivity index (χ2n) is 11.6. The number of H-pyrrole nitrogens is 1. The molecule has 4 aromatic rings. The first-order valence-corrected chi connectivity index (χ1v) is 13.7. The van der Waals surface area contributed by atoms with Crippen molar-refractivity contribution in [3.63, 3.8) is 0 Å². The van der Waals surface area contributed by atoms with Gasteiger partial charge >= 0.3 is 0 Å². The van der Waals surface area contributed by atoms with E-state index >= 15 is 0 Å². The summed E-state index contributed by atoms with van der Waals surface area (Å²) in [5.74, 6) is 3.81. The Morgan fingerprint density at radius 1 is 1.13 bits per heavy atom. The van der Waals surface area contributed by atoms with Gasteiger partial charge in [0.1, 0.15) is 29.8 Å². The molecule has 1 aliphatic heterocycles. The zero-order chi connectivity index (χ0) is 26.4. The maximum atomic E-state index is 6.24. The highest BCUT2D eigenvalue weighted by molar-refractivity contribution is 5.78. The van der Waals surface area contributed by atoms with E-state index in [1.807, 2.05) is 13.1 Å². The number of pyridine rings is 1. The smallest absolute Gasteiger partial charge is 0.177 e. The number of benzene rings is 1. The molecular weight excluding hydrogens is 474 g/mol. The van der Waals surface area contributed by atoms with Crippen molar-refractivity contribution in [2.75, 3.05) is 31.6 Å². The molecule has 198 valence electrons. The molecule has 0 saturated carbocycles. The Kier molecular flexibility index (Phi) is 6.30. The lowest BCUT2D eigenvalue weighted by molar-refractivity contribution is 0.306. The van der Waals surface area contributed by atoms with Gasteiger partial charge in [-0.2, -0.15) is 0 Å². The van der Waals surface area contributed by atoms with Gasteiger partial charge in [-0.3, -0.25) is 4.90 Å². The van der Waals surface area contributed by atoms with Crippen LogP contribution in [0.5, 0.6) is 5.75 Å². The third-order valence-electron chi connectivity index (χ3n) is 7.89. The van der Waals surface area contributed by atoms with Gasteiger partial charge in [-0.15, -0.1) is 0 Å². The lowest BCUT2D eigenvalue weighted by Crippen LogP contribution is -2.32. The number of rotatable bonds is 5. The minimum atomic E-state index is 0.247. The van der Waals surface area contributed by atoms with Gasteiger partial charge in [0, 0.05) is 35.1 Å². The fraction of sp³-hybridized carbons (Fsp3) is 0.467. The van der Waals surface area contributed by atoms with Crippen LogP contribution in [0, 0.1) is 12.3 Å². The van der Waals surface area contributed by atoms with Gasteiger partial charge in [0.05, 0.1) is 18.6 Å². The molecule has 0 bridgehead atoms.